The second-order valence-corrected chi connectivity index (χ2v) is 10.9. The molecule has 7 rings (SSSR count). The number of nitrogens with zero attached hydrogens (tertiary/aromatic N) is 3. The average molecular weight is 496 g/mol. The molecule has 188 valence electrons. The Labute approximate surface area is 216 Å². The zero-order valence-electron chi connectivity index (χ0n) is 21.2. The van der Waals surface area contributed by atoms with Crippen LogP contribution < -0.4 is 0 Å². The number of rotatable bonds is 2. The monoisotopic (exact) mass is 495 g/mol. The van der Waals surface area contributed by atoms with Crippen molar-refractivity contribution in [2.24, 2.45) is 11.8 Å². The Hall–Kier alpha value is -3.22. The van der Waals surface area contributed by atoms with Gasteiger partial charge in [0.15, 0.2) is 11.6 Å². The molecule has 0 unspecified atom stereocenters. The van der Waals surface area contributed by atoms with E-state index in [4.69, 9.17) is 19.4 Å². The number of hydrogen-bond donors (Lipinski definition) is 0. The molecule has 3 aliphatic rings. The van der Waals surface area contributed by atoms with Crippen LogP contribution in [0.15, 0.2) is 60.8 Å². The first kappa shape index (κ1) is 22.9. The summed E-state index contributed by atoms with van der Waals surface area (Å²) in [4.78, 5) is 14.9. The van der Waals surface area contributed by atoms with Gasteiger partial charge in [-0.2, -0.15) is 0 Å². The molecule has 2 aliphatic carbocycles. The van der Waals surface area contributed by atoms with E-state index >= 15 is 4.39 Å². The number of fused-ring (bicyclic) bond motifs is 4. The van der Waals surface area contributed by atoms with Gasteiger partial charge in [-0.15, -0.1) is 0 Å². The van der Waals surface area contributed by atoms with Crippen molar-refractivity contribution in [1.82, 2.24) is 15.0 Å². The van der Waals surface area contributed by atoms with Crippen molar-refractivity contribution in [3.8, 4) is 22.6 Å². The maximum Gasteiger partial charge on any atom is 0.171 e. The molecular formula is C31H30FN3O2. The van der Waals surface area contributed by atoms with Gasteiger partial charge >= 0.3 is 0 Å². The number of aromatic nitrogens is 3. The predicted molar refractivity (Wildman–Crippen MR) is 140 cm³/mol. The highest BCUT2D eigenvalue weighted by molar-refractivity contribution is 5.92. The lowest BCUT2D eigenvalue weighted by atomic mass is 9.54. The molecule has 2 aromatic heterocycles. The third-order valence-corrected chi connectivity index (χ3v) is 9.16. The first-order chi connectivity index (χ1) is 18.0. The minimum atomic E-state index is -0.493. The van der Waals surface area contributed by atoms with E-state index in [1.165, 1.54) is 6.07 Å². The van der Waals surface area contributed by atoms with Crippen molar-refractivity contribution >= 4 is 10.9 Å². The van der Waals surface area contributed by atoms with E-state index in [-0.39, 0.29) is 17.2 Å². The maximum absolute atomic E-state index is 15.2. The van der Waals surface area contributed by atoms with Crippen LogP contribution in [-0.4, -0.2) is 34.0 Å². The Morgan fingerprint density at radius 2 is 1.70 bits per heavy atom. The normalized spacial score (nSPS) is 26.2. The molecule has 1 spiro atoms. The minimum absolute atomic E-state index is 0.186. The average Bonchev–Trinajstić information content (AvgIpc) is 3.41. The zero-order valence-corrected chi connectivity index (χ0v) is 21.2. The van der Waals surface area contributed by atoms with Crippen molar-refractivity contribution in [1.29, 1.82) is 0 Å². The second kappa shape index (κ2) is 8.40. The van der Waals surface area contributed by atoms with Crippen LogP contribution in [0.2, 0.25) is 0 Å². The van der Waals surface area contributed by atoms with Crippen LogP contribution in [0.1, 0.15) is 44.4 Å². The SMILES string of the molecule is C[C@H]1[C@@H]2CCc3c(-c4ccccc4F)nc(-c4ccnc5ccccc45)nc3[C@]2(C)CCC12OCCO2. The number of pyridine rings is 1. The van der Waals surface area contributed by atoms with Gasteiger partial charge in [-0.05, 0) is 49.4 Å². The molecule has 0 radical (unpaired) electrons. The second-order valence-electron chi connectivity index (χ2n) is 10.9. The topological polar surface area (TPSA) is 57.1 Å². The minimum Gasteiger partial charge on any atom is -0.347 e. The Bertz CT molecular complexity index is 1510. The summed E-state index contributed by atoms with van der Waals surface area (Å²) >= 11 is 0. The summed E-state index contributed by atoms with van der Waals surface area (Å²) in [7, 11) is 0. The molecule has 2 fully saturated rings. The molecule has 0 N–H and O–H groups in total. The van der Waals surface area contributed by atoms with Crippen molar-refractivity contribution < 1.29 is 13.9 Å². The molecule has 6 heteroatoms. The fraction of sp³-hybridized carbons (Fsp3) is 0.387. The van der Waals surface area contributed by atoms with Gasteiger partial charge in [0.2, 0.25) is 0 Å². The van der Waals surface area contributed by atoms with Crippen molar-refractivity contribution in [2.75, 3.05) is 13.2 Å². The molecule has 5 nitrogen and oxygen atoms in total. The van der Waals surface area contributed by atoms with Crippen molar-refractivity contribution in [2.45, 2.75) is 50.7 Å². The van der Waals surface area contributed by atoms with Gasteiger partial charge < -0.3 is 9.47 Å². The highest BCUT2D eigenvalue weighted by Crippen LogP contribution is 2.57. The zero-order chi connectivity index (χ0) is 25.2. The van der Waals surface area contributed by atoms with E-state index in [0.29, 0.717) is 36.2 Å². The van der Waals surface area contributed by atoms with E-state index in [1.54, 1.807) is 12.3 Å². The van der Waals surface area contributed by atoms with E-state index in [2.05, 4.69) is 24.9 Å². The van der Waals surface area contributed by atoms with Gasteiger partial charge in [-0.1, -0.05) is 44.2 Å². The standard InChI is InChI=1S/C31H30FN3O2/c1-19-24-12-11-23-27(22-8-3-5-9-25(22)32)34-29(21-13-16-33-26-10-6-4-7-20(21)26)35-28(23)30(24,2)14-15-31(19)36-17-18-37-31/h3-10,13,16,19,24H,11-12,14-15,17-18H2,1-2H3/t19-,24-,30+/m0/s1. The summed E-state index contributed by atoms with van der Waals surface area (Å²) in [5.41, 5.74) is 4.98. The molecule has 4 aromatic rings. The predicted octanol–water partition coefficient (Wildman–Crippen LogP) is 6.49. The largest absolute Gasteiger partial charge is 0.347 e. The Balaban J connectivity index is 1.46. The molecule has 37 heavy (non-hydrogen) atoms. The third kappa shape index (κ3) is 3.39. The lowest BCUT2D eigenvalue weighted by Gasteiger charge is -2.54. The van der Waals surface area contributed by atoms with Gasteiger partial charge in [0.25, 0.3) is 0 Å². The summed E-state index contributed by atoms with van der Waals surface area (Å²) in [5, 5.41) is 0.991. The van der Waals surface area contributed by atoms with Gasteiger partial charge in [0, 0.05) is 46.0 Å². The van der Waals surface area contributed by atoms with E-state index in [1.807, 2.05) is 36.4 Å². The molecule has 2 aromatic carbocycles. The highest BCUT2D eigenvalue weighted by Gasteiger charge is 2.57. The Kier molecular flexibility index (Phi) is 5.21. The molecule has 1 saturated heterocycles. The van der Waals surface area contributed by atoms with Gasteiger partial charge in [0.1, 0.15) is 5.82 Å². The molecule has 1 aliphatic heterocycles. The van der Waals surface area contributed by atoms with E-state index in [9.17, 15) is 0 Å². The summed E-state index contributed by atoms with van der Waals surface area (Å²) < 4.78 is 27.6. The number of halogens is 1. The first-order valence-corrected chi connectivity index (χ1v) is 13.3. The lowest BCUT2D eigenvalue weighted by Crippen LogP contribution is -2.55. The Morgan fingerprint density at radius 3 is 2.54 bits per heavy atom. The number of benzene rings is 2. The molecule has 1 saturated carbocycles. The van der Waals surface area contributed by atoms with Gasteiger partial charge in [-0.25, -0.2) is 14.4 Å². The van der Waals surface area contributed by atoms with E-state index < -0.39 is 5.79 Å². The number of ether oxygens (including phenoxy) is 2. The summed E-state index contributed by atoms with van der Waals surface area (Å²) in [5.74, 6) is 0.452. The fourth-order valence-corrected chi connectivity index (χ4v) is 7.23. The lowest BCUT2D eigenvalue weighted by molar-refractivity contribution is -0.234. The third-order valence-electron chi connectivity index (χ3n) is 9.16. The van der Waals surface area contributed by atoms with Crippen molar-refractivity contribution in [3.05, 3.63) is 77.9 Å². The Morgan fingerprint density at radius 1 is 0.919 bits per heavy atom. The quantitative estimate of drug-likeness (QED) is 0.318. The molecule has 3 atom stereocenters. The van der Waals surface area contributed by atoms with Crippen molar-refractivity contribution in [3.63, 3.8) is 0 Å². The highest BCUT2D eigenvalue weighted by atomic mass is 19.1. The van der Waals surface area contributed by atoms with Crippen LogP contribution in [0.3, 0.4) is 0 Å². The van der Waals surface area contributed by atoms with Crippen LogP contribution in [0.25, 0.3) is 33.5 Å². The molecule has 3 heterocycles. The molecule has 0 amide bonds. The van der Waals surface area contributed by atoms with Crippen LogP contribution in [0.5, 0.6) is 0 Å². The fourth-order valence-electron chi connectivity index (χ4n) is 7.23. The summed E-state index contributed by atoms with van der Waals surface area (Å²) in [6, 6.07) is 17.0. The first-order valence-electron chi connectivity index (χ1n) is 13.3. The van der Waals surface area contributed by atoms with Crippen LogP contribution >= 0.6 is 0 Å². The number of para-hydroxylation sites is 1. The van der Waals surface area contributed by atoms with Gasteiger partial charge in [0.05, 0.1) is 30.1 Å². The van der Waals surface area contributed by atoms with Gasteiger partial charge in [-0.3, -0.25) is 4.98 Å². The molecule has 0 bridgehead atoms. The maximum atomic E-state index is 15.2. The van der Waals surface area contributed by atoms with Crippen LogP contribution in [0, 0.1) is 17.7 Å². The number of hydrogen-bond acceptors (Lipinski definition) is 5. The summed E-state index contributed by atoms with van der Waals surface area (Å²) in [6.45, 7) is 5.92. The van der Waals surface area contributed by atoms with Crippen LogP contribution in [0.4, 0.5) is 4.39 Å². The van der Waals surface area contributed by atoms with Crippen LogP contribution in [-0.2, 0) is 21.3 Å². The summed E-state index contributed by atoms with van der Waals surface area (Å²) in [6.07, 6.45) is 5.31. The smallest absolute Gasteiger partial charge is 0.171 e. The van der Waals surface area contributed by atoms with E-state index in [0.717, 1.165) is 53.4 Å². The molecular weight excluding hydrogens is 465 g/mol.